The number of hydrogen-bond acceptors (Lipinski definition) is 2. The molecule has 0 unspecified atom stereocenters. The van der Waals surface area contributed by atoms with Crippen molar-refractivity contribution in [3.8, 4) is 0 Å². The van der Waals surface area contributed by atoms with Gasteiger partial charge in [0.15, 0.2) is 0 Å². The zero-order valence-electron chi connectivity index (χ0n) is 13.6. The molecule has 0 aliphatic rings. The van der Waals surface area contributed by atoms with Gasteiger partial charge in [-0.1, -0.05) is 56.3 Å². The molecule has 0 bridgehead atoms. The smallest absolute Gasteiger partial charge is 0.210 e. The number of nitrogens with one attached hydrogen (secondary N) is 1. The van der Waals surface area contributed by atoms with E-state index >= 15 is 0 Å². The highest BCUT2D eigenvalue weighted by Crippen LogP contribution is 2.23. The molecule has 0 spiro atoms. The number of aryl methyl sites for hydroxylation is 2. The Balaban J connectivity index is 2.21. The summed E-state index contributed by atoms with van der Waals surface area (Å²) in [5.74, 6) is 0. The van der Waals surface area contributed by atoms with Crippen LogP contribution in [0.4, 0.5) is 0 Å². The minimum atomic E-state index is -3.50. The van der Waals surface area contributed by atoms with E-state index in [-0.39, 0.29) is 5.41 Å². The lowest BCUT2D eigenvalue weighted by atomic mass is 9.85. The highest BCUT2D eigenvalue weighted by Gasteiger charge is 2.24. The van der Waals surface area contributed by atoms with E-state index in [1.807, 2.05) is 70.2 Å². The lowest BCUT2D eigenvalue weighted by molar-refractivity contribution is 0.501. The monoisotopic (exact) mass is 317 g/mol. The van der Waals surface area contributed by atoms with E-state index in [4.69, 9.17) is 0 Å². The molecule has 0 aromatic heterocycles. The van der Waals surface area contributed by atoms with Gasteiger partial charge in [-0.05, 0) is 36.6 Å². The molecule has 0 saturated carbocycles. The van der Waals surface area contributed by atoms with Crippen molar-refractivity contribution in [2.45, 2.75) is 38.0 Å². The first kappa shape index (κ1) is 16.7. The number of benzene rings is 2. The molecule has 0 fully saturated rings. The molecule has 0 aliphatic carbocycles. The molecule has 118 valence electrons. The zero-order chi connectivity index (χ0) is 16.4. The lowest BCUT2D eigenvalue weighted by Crippen LogP contribution is -2.36. The van der Waals surface area contributed by atoms with Crippen LogP contribution in [0.25, 0.3) is 0 Å². The summed E-state index contributed by atoms with van der Waals surface area (Å²) in [5, 5.41) is 0. The summed E-state index contributed by atoms with van der Waals surface area (Å²) in [7, 11) is -3.50. The number of hydrogen-bond donors (Lipinski definition) is 1. The topological polar surface area (TPSA) is 46.2 Å². The third-order valence-corrected chi connectivity index (χ3v) is 5.44. The summed E-state index contributed by atoms with van der Waals surface area (Å²) in [4.78, 5) is 0.358. The van der Waals surface area contributed by atoms with E-state index in [9.17, 15) is 8.42 Å². The van der Waals surface area contributed by atoms with Crippen LogP contribution in [0, 0.1) is 13.8 Å². The second-order valence-electron chi connectivity index (χ2n) is 6.34. The molecule has 0 aliphatic heterocycles. The fourth-order valence-corrected chi connectivity index (χ4v) is 3.88. The van der Waals surface area contributed by atoms with Crippen LogP contribution in [0.15, 0.2) is 53.4 Å². The Hall–Kier alpha value is -1.65. The Labute approximate surface area is 133 Å². The third kappa shape index (κ3) is 3.76. The van der Waals surface area contributed by atoms with Gasteiger partial charge in [-0.3, -0.25) is 0 Å². The van der Waals surface area contributed by atoms with Crippen molar-refractivity contribution in [1.29, 1.82) is 0 Å². The van der Waals surface area contributed by atoms with Gasteiger partial charge < -0.3 is 0 Å². The minimum Gasteiger partial charge on any atom is -0.210 e. The van der Waals surface area contributed by atoms with E-state index < -0.39 is 10.0 Å². The fourth-order valence-electron chi connectivity index (χ4n) is 2.34. The first-order valence-corrected chi connectivity index (χ1v) is 8.83. The van der Waals surface area contributed by atoms with Gasteiger partial charge in [0.25, 0.3) is 0 Å². The van der Waals surface area contributed by atoms with E-state index in [2.05, 4.69) is 4.72 Å². The average molecular weight is 317 g/mol. The molecule has 0 atom stereocenters. The molecule has 22 heavy (non-hydrogen) atoms. The standard InChI is InChI=1S/C18H23NO2S/c1-14-10-11-15(2)17(12-14)22(20,21)19-13-18(3,4)16-8-6-5-7-9-16/h5-12,19H,13H2,1-4H3. The molecule has 2 aromatic rings. The second-order valence-corrected chi connectivity index (χ2v) is 8.08. The van der Waals surface area contributed by atoms with Gasteiger partial charge in [-0.15, -0.1) is 0 Å². The fraction of sp³-hybridized carbons (Fsp3) is 0.333. The van der Waals surface area contributed by atoms with E-state index in [1.165, 1.54) is 0 Å². The molecule has 0 saturated heterocycles. The van der Waals surface area contributed by atoms with E-state index in [0.717, 1.165) is 16.7 Å². The quantitative estimate of drug-likeness (QED) is 0.916. The van der Waals surface area contributed by atoms with Gasteiger partial charge in [0, 0.05) is 12.0 Å². The maximum atomic E-state index is 12.6. The van der Waals surface area contributed by atoms with Crippen molar-refractivity contribution in [2.24, 2.45) is 0 Å². The molecule has 4 heteroatoms. The van der Waals surface area contributed by atoms with Gasteiger partial charge in [-0.25, -0.2) is 13.1 Å². The van der Waals surface area contributed by atoms with Crippen molar-refractivity contribution in [1.82, 2.24) is 4.72 Å². The molecule has 1 N–H and O–H groups in total. The summed E-state index contributed by atoms with van der Waals surface area (Å²) >= 11 is 0. The van der Waals surface area contributed by atoms with Crippen LogP contribution in [-0.4, -0.2) is 15.0 Å². The van der Waals surface area contributed by atoms with Crippen LogP contribution in [0.1, 0.15) is 30.5 Å². The predicted molar refractivity (Wildman–Crippen MR) is 90.6 cm³/mol. The Morgan fingerprint density at radius 2 is 1.64 bits per heavy atom. The molecule has 3 nitrogen and oxygen atoms in total. The van der Waals surface area contributed by atoms with Crippen molar-refractivity contribution < 1.29 is 8.42 Å². The molecule has 2 aromatic carbocycles. The summed E-state index contributed by atoms with van der Waals surface area (Å²) in [6.07, 6.45) is 0. The second kappa shape index (κ2) is 6.23. The largest absolute Gasteiger partial charge is 0.240 e. The number of rotatable bonds is 5. The summed E-state index contributed by atoms with van der Waals surface area (Å²) < 4.78 is 27.9. The van der Waals surface area contributed by atoms with Crippen LogP contribution in [0.2, 0.25) is 0 Å². The maximum Gasteiger partial charge on any atom is 0.240 e. The van der Waals surface area contributed by atoms with Crippen molar-refractivity contribution in [3.63, 3.8) is 0 Å². The molecule has 0 amide bonds. The summed E-state index contributed by atoms with van der Waals surface area (Å²) in [5.41, 5.74) is 2.54. The third-order valence-electron chi connectivity index (χ3n) is 3.89. The van der Waals surface area contributed by atoms with Crippen molar-refractivity contribution >= 4 is 10.0 Å². The maximum absolute atomic E-state index is 12.6. The average Bonchev–Trinajstić information content (AvgIpc) is 2.49. The summed E-state index contributed by atoms with van der Waals surface area (Å²) in [6.45, 7) is 8.14. The van der Waals surface area contributed by atoms with E-state index in [1.54, 1.807) is 6.07 Å². The zero-order valence-corrected chi connectivity index (χ0v) is 14.4. The Bertz CT molecular complexity index is 750. The van der Waals surface area contributed by atoms with Crippen LogP contribution < -0.4 is 4.72 Å². The Kier molecular flexibility index (Phi) is 4.73. The van der Waals surface area contributed by atoms with E-state index in [0.29, 0.717) is 11.4 Å². The summed E-state index contributed by atoms with van der Waals surface area (Å²) in [6, 6.07) is 15.4. The Morgan fingerprint density at radius 1 is 1.00 bits per heavy atom. The van der Waals surface area contributed by atoms with Crippen LogP contribution in [0.5, 0.6) is 0 Å². The molecule has 2 rings (SSSR count). The normalized spacial score (nSPS) is 12.4. The Morgan fingerprint density at radius 3 is 2.27 bits per heavy atom. The van der Waals surface area contributed by atoms with Gasteiger partial charge in [0.05, 0.1) is 4.90 Å². The van der Waals surface area contributed by atoms with Gasteiger partial charge in [0.1, 0.15) is 0 Å². The van der Waals surface area contributed by atoms with Gasteiger partial charge in [-0.2, -0.15) is 0 Å². The molecular weight excluding hydrogens is 294 g/mol. The van der Waals surface area contributed by atoms with Crippen LogP contribution in [0.3, 0.4) is 0 Å². The molecule has 0 heterocycles. The molecule has 0 radical (unpaired) electrons. The van der Waals surface area contributed by atoms with Gasteiger partial charge in [0.2, 0.25) is 10.0 Å². The SMILES string of the molecule is Cc1ccc(C)c(S(=O)(=O)NCC(C)(C)c2ccccc2)c1. The first-order valence-electron chi connectivity index (χ1n) is 7.35. The van der Waals surface area contributed by atoms with Gasteiger partial charge >= 0.3 is 0 Å². The van der Waals surface area contributed by atoms with Crippen LogP contribution in [-0.2, 0) is 15.4 Å². The van der Waals surface area contributed by atoms with Crippen molar-refractivity contribution in [2.75, 3.05) is 6.54 Å². The highest BCUT2D eigenvalue weighted by atomic mass is 32.2. The predicted octanol–water partition coefficient (Wildman–Crippen LogP) is 3.56. The number of sulfonamides is 1. The molecular formula is C18H23NO2S. The van der Waals surface area contributed by atoms with Crippen LogP contribution >= 0.6 is 0 Å². The first-order chi connectivity index (χ1) is 10.2. The van der Waals surface area contributed by atoms with Crippen molar-refractivity contribution in [3.05, 3.63) is 65.2 Å². The lowest BCUT2D eigenvalue weighted by Gasteiger charge is -2.25. The minimum absolute atomic E-state index is 0.272. The highest BCUT2D eigenvalue weighted by molar-refractivity contribution is 7.89.